The molecule has 1 aliphatic carbocycles. The van der Waals surface area contributed by atoms with E-state index in [1.54, 1.807) is 0 Å². The van der Waals surface area contributed by atoms with E-state index >= 15 is 0 Å². The first-order valence-electron chi connectivity index (χ1n) is 8.94. The quantitative estimate of drug-likeness (QED) is 0.767. The van der Waals surface area contributed by atoms with Gasteiger partial charge in [0, 0.05) is 17.5 Å². The van der Waals surface area contributed by atoms with E-state index in [9.17, 15) is 4.79 Å². The number of aromatic nitrogens is 3. The Morgan fingerprint density at radius 3 is 2.84 bits per heavy atom. The van der Waals surface area contributed by atoms with Gasteiger partial charge in [-0.25, -0.2) is 9.50 Å². The summed E-state index contributed by atoms with van der Waals surface area (Å²) in [5.41, 5.74) is 2.68. The lowest BCUT2D eigenvalue weighted by Crippen LogP contribution is -2.42. The number of amides is 1. The van der Waals surface area contributed by atoms with Gasteiger partial charge in [-0.05, 0) is 38.8 Å². The van der Waals surface area contributed by atoms with Gasteiger partial charge in [0.05, 0.1) is 11.2 Å². The molecule has 0 unspecified atom stereocenters. The van der Waals surface area contributed by atoms with Crippen molar-refractivity contribution >= 4 is 28.3 Å². The van der Waals surface area contributed by atoms with Crippen LogP contribution in [-0.2, 0) is 4.79 Å². The highest BCUT2D eigenvalue weighted by Gasteiger charge is 2.21. The summed E-state index contributed by atoms with van der Waals surface area (Å²) in [6, 6.07) is 9.90. The van der Waals surface area contributed by atoms with Crippen LogP contribution in [0, 0.1) is 6.92 Å². The third-order valence-electron chi connectivity index (χ3n) is 4.87. The van der Waals surface area contributed by atoms with Gasteiger partial charge >= 0.3 is 0 Å². The average molecular weight is 337 g/mol. The van der Waals surface area contributed by atoms with Crippen molar-refractivity contribution in [3.63, 3.8) is 0 Å². The zero-order valence-corrected chi connectivity index (χ0v) is 14.6. The highest BCUT2D eigenvalue weighted by Crippen LogP contribution is 2.24. The van der Waals surface area contributed by atoms with Crippen molar-refractivity contribution in [2.75, 3.05) is 5.32 Å². The first-order chi connectivity index (χ1) is 12.1. The van der Waals surface area contributed by atoms with Gasteiger partial charge in [0.1, 0.15) is 11.9 Å². The molecule has 4 rings (SSSR count). The summed E-state index contributed by atoms with van der Waals surface area (Å²) in [4.78, 5) is 17.2. The van der Waals surface area contributed by atoms with E-state index in [1.165, 1.54) is 12.8 Å². The van der Waals surface area contributed by atoms with Crippen LogP contribution in [0.2, 0.25) is 0 Å². The third kappa shape index (κ3) is 3.04. The van der Waals surface area contributed by atoms with Crippen LogP contribution in [0.1, 0.15) is 38.3 Å². The predicted molar refractivity (Wildman–Crippen MR) is 98.7 cm³/mol. The molecule has 0 saturated heterocycles. The zero-order chi connectivity index (χ0) is 17.4. The Hall–Kier alpha value is -2.63. The second kappa shape index (κ2) is 6.35. The fourth-order valence-electron chi connectivity index (χ4n) is 3.55. The van der Waals surface area contributed by atoms with Gasteiger partial charge in [-0.3, -0.25) is 4.79 Å². The number of rotatable bonds is 4. The van der Waals surface area contributed by atoms with Crippen molar-refractivity contribution in [3.05, 3.63) is 36.0 Å². The molecular formula is C19H23N5O. The lowest BCUT2D eigenvalue weighted by molar-refractivity contribution is -0.122. The lowest BCUT2D eigenvalue weighted by Gasteiger charge is -2.19. The van der Waals surface area contributed by atoms with Crippen molar-refractivity contribution in [3.8, 4) is 0 Å². The molecule has 1 aliphatic rings. The molecule has 0 bridgehead atoms. The summed E-state index contributed by atoms with van der Waals surface area (Å²) in [6.07, 6.45) is 4.58. The Bertz CT molecular complexity index is 926. The molecule has 6 heteroatoms. The first kappa shape index (κ1) is 15.9. The van der Waals surface area contributed by atoms with Crippen molar-refractivity contribution in [1.82, 2.24) is 19.9 Å². The van der Waals surface area contributed by atoms with Crippen LogP contribution in [0.4, 0.5) is 5.82 Å². The van der Waals surface area contributed by atoms with Crippen LogP contribution in [0.5, 0.6) is 0 Å². The number of nitrogens with zero attached hydrogens (tertiary/aromatic N) is 3. The molecule has 1 amide bonds. The number of carbonyl (C=O) groups is 1. The third-order valence-corrected chi connectivity index (χ3v) is 4.87. The summed E-state index contributed by atoms with van der Waals surface area (Å²) in [5.74, 6) is 0.749. The Labute approximate surface area is 146 Å². The van der Waals surface area contributed by atoms with E-state index in [0.717, 1.165) is 40.9 Å². The van der Waals surface area contributed by atoms with E-state index < -0.39 is 0 Å². The molecule has 1 atom stereocenters. The molecule has 2 N–H and O–H groups in total. The average Bonchev–Trinajstić information content (AvgIpc) is 3.23. The molecule has 2 aromatic heterocycles. The molecule has 1 aromatic carbocycles. The first-order valence-corrected chi connectivity index (χ1v) is 8.94. The Kier molecular flexibility index (Phi) is 4.03. The maximum Gasteiger partial charge on any atom is 0.242 e. The molecular weight excluding hydrogens is 314 g/mol. The van der Waals surface area contributed by atoms with E-state index in [2.05, 4.69) is 20.7 Å². The van der Waals surface area contributed by atoms with Gasteiger partial charge in [-0.2, -0.15) is 5.10 Å². The van der Waals surface area contributed by atoms with Gasteiger partial charge in [-0.15, -0.1) is 0 Å². The second-order valence-corrected chi connectivity index (χ2v) is 6.89. The second-order valence-electron chi connectivity index (χ2n) is 6.89. The number of hydrogen-bond acceptors (Lipinski definition) is 4. The minimum atomic E-state index is -0.344. The summed E-state index contributed by atoms with van der Waals surface area (Å²) >= 11 is 0. The number of fused-ring (bicyclic) bond motifs is 3. The topological polar surface area (TPSA) is 71.3 Å². The minimum Gasteiger partial charge on any atom is -0.358 e. The van der Waals surface area contributed by atoms with E-state index in [0.29, 0.717) is 6.04 Å². The van der Waals surface area contributed by atoms with Gasteiger partial charge in [0.15, 0.2) is 5.65 Å². The smallest absolute Gasteiger partial charge is 0.242 e. The number of nitrogens with one attached hydrogen (secondary N) is 2. The molecule has 2 heterocycles. The van der Waals surface area contributed by atoms with Gasteiger partial charge in [-0.1, -0.05) is 25.0 Å². The molecule has 6 nitrogen and oxygen atoms in total. The number of aryl methyl sites for hydroxylation is 1. The fraction of sp³-hybridized carbons (Fsp3) is 0.421. The van der Waals surface area contributed by atoms with E-state index in [4.69, 9.17) is 0 Å². The van der Waals surface area contributed by atoms with Crippen LogP contribution in [-0.4, -0.2) is 32.6 Å². The molecule has 1 saturated carbocycles. The zero-order valence-electron chi connectivity index (χ0n) is 14.6. The molecule has 3 aromatic rings. The van der Waals surface area contributed by atoms with Crippen LogP contribution < -0.4 is 10.6 Å². The fourth-order valence-corrected chi connectivity index (χ4v) is 3.55. The van der Waals surface area contributed by atoms with E-state index in [-0.39, 0.29) is 11.9 Å². The molecule has 0 radical (unpaired) electrons. The number of carbonyl (C=O) groups excluding carboxylic acids is 1. The summed E-state index contributed by atoms with van der Waals surface area (Å²) < 4.78 is 1.85. The summed E-state index contributed by atoms with van der Waals surface area (Å²) in [7, 11) is 0. The van der Waals surface area contributed by atoms with Crippen LogP contribution in [0.25, 0.3) is 16.6 Å². The highest BCUT2D eigenvalue weighted by molar-refractivity contribution is 5.93. The van der Waals surface area contributed by atoms with Crippen molar-refractivity contribution < 1.29 is 4.79 Å². The van der Waals surface area contributed by atoms with Crippen molar-refractivity contribution in [2.24, 2.45) is 0 Å². The van der Waals surface area contributed by atoms with Crippen molar-refractivity contribution in [1.29, 1.82) is 0 Å². The SMILES string of the molecule is Cc1cc2nc(N[C@@H](C)C(=O)NC3CCCC3)c3ccccc3n2n1. The number of hydrogen-bond donors (Lipinski definition) is 2. The molecule has 0 aliphatic heterocycles. The normalized spacial score (nSPS) is 16.4. The summed E-state index contributed by atoms with van der Waals surface area (Å²) in [5, 5.41) is 11.9. The Morgan fingerprint density at radius 2 is 2.04 bits per heavy atom. The summed E-state index contributed by atoms with van der Waals surface area (Å²) in [6.45, 7) is 3.83. The number of para-hydroxylation sites is 1. The van der Waals surface area contributed by atoms with Gasteiger partial charge in [0.25, 0.3) is 0 Å². The van der Waals surface area contributed by atoms with Crippen LogP contribution >= 0.6 is 0 Å². The van der Waals surface area contributed by atoms with E-state index in [1.807, 2.05) is 48.7 Å². The van der Waals surface area contributed by atoms with Crippen LogP contribution in [0.15, 0.2) is 30.3 Å². The maximum atomic E-state index is 12.5. The predicted octanol–water partition coefficient (Wildman–Crippen LogP) is 3.05. The number of benzene rings is 1. The monoisotopic (exact) mass is 337 g/mol. The number of anilines is 1. The van der Waals surface area contributed by atoms with Crippen LogP contribution in [0.3, 0.4) is 0 Å². The molecule has 1 fully saturated rings. The largest absolute Gasteiger partial charge is 0.358 e. The Balaban J connectivity index is 1.64. The van der Waals surface area contributed by atoms with Gasteiger partial charge in [0.2, 0.25) is 5.91 Å². The highest BCUT2D eigenvalue weighted by atomic mass is 16.2. The maximum absolute atomic E-state index is 12.5. The molecule has 130 valence electrons. The standard InChI is InChI=1S/C19H23N5O/c1-12-11-17-22-18(15-9-5-6-10-16(15)24(17)23-12)20-13(2)19(25)21-14-7-3-4-8-14/h5-6,9-11,13-14H,3-4,7-8H2,1-2H3,(H,20,22)(H,21,25)/t13-/m0/s1. The minimum absolute atomic E-state index is 0.0299. The Morgan fingerprint density at radius 1 is 1.28 bits per heavy atom. The molecule has 25 heavy (non-hydrogen) atoms. The molecule has 0 spiro atoms. The van der Waals surface area contributed by atoms with Crippen molar-refractivity contribution in [2.45, 2.75) is 51.6 Å². The van der Waals surface area contributed by atoms with Gasteiger partial charge < -0.3 is 10.6 Å². The lowest BCUT2D eigenvalue weighted by atomic mass is 10.2.